The average Bonchev–Trinajstić information content (AvgIpc) is 2.76. The number of carbonyl (C=O) groups excluding carboxylic acids is 1. The maximum Gasteiger partial charge on any atom is 0.253 e. The molecular formula is C15H14FN3O. The summed E-state index contributed by atoms with van der Waals surface area (Å²) in [6, 6.07) is 0.108. The fraction of sp³-hybridized carbons (Fsp3) is 0.333. The maximum atomic E-state index is 14.1. The number of aryl methyl sites for hydroxylation is 1. The molecule has 1 amide bonds. The number of H-pyrrole nitrogens is 1. The first-order chi connectivity index (χ1) is 9.65. The van der Waals surface area contributed by atoms with E-state index in [0.29, 0.717) is 5.56 Å². The van der Waals surface area contributed by atoms with Crippen LogP contribution in [0.2, 0.25) is 0 Å². The van der Waals surface area contributed by atoms with Gasteiger partial charge in [0.25, 0.3) is 5.91 Å². The third kappa shape index (κ3) is 1.46. The summed E-state index contributed by atoms with van der Waals surface area (Å²) in [5.74, 6) is -0.371. The van der Waals surface area contributed by atoms with Crippen molar-refractivity contribution in [1.29, 1.82) is 0 Å². The molecule has 0 spiro atoms. The molecule has 0 bridgehead atoms. The molecule has 2 N–H and O–H groups in total. The fourth-order valence-electron chi connectivity index (χ4n) is 3.34. The van der Waals surface area contributed by atoms with Crippen LogP contribution >= 0.6 is 0 Å². The molecule has 1 aliphatic carbocycles. The molecule has 0 saturated heterocycles. The smallest absolute Gasteiger partial charge is 0.253 e. The van der Waals surface area contributed by atoms with Gasteiger partial charge in [-0.2, -0.15) is 0 Å². The van der Waals surface area contributed by atoms with Crippen LogP contribution in [0.25, 0.3) is 11.3 Å². The molecule has 4 rings (SSSR count). The van der Waals surface area contributed by atoms with Gasteiger partial charge >= 0.3 is 0 Å². The predicted molar refractivity (Wildman–Crippen MR) is 72.0 cm³/mol. The number of halogens is 1. The largest absolute Gasteiger partial charge is 0.357 e. The zero-order valence-electron chi connectivity index (χ0n) is 11.1. The van der Waals surface area contributed by atoms with E-state index < -0.39 is 0 Å². The molecule has 2 aromatic heterocycles. The van der Waals surface area contributed by atoms with Gasteiger partial charge in [0.05, 0.1) is 17.5 Å². The monoisotopic (exact) mass is 271 g/mol. The van der Waals surface area contributed by atoms with E-state index in [1.54, 1.807) is 6.20 Å². The van der Waals surface area contributed by atoms with Crippen molar-refractivity contribution in [1.82, 2.24) is 15.3 Å². The number of carbonyl (C=O) groups is 1. The highest BCUT2D eigenvalue weighted by Gasteiger charge is 2.32. The van der Waals surface area contributed by atoms with E-state index in [0.717, 1.165) is 47.3 Å². The normalized spacial score (nSPS) is 19.9. The Morgan fingerprint density at radius 2 is 2.15 bits per heavy atom. The van der Waals surface area contributed by atoms with Crippen molar-refractivity contribution in [2.45, 2.75) is 32.2 Å². The van der Waals surface area contributed by atoms with E-state index >= 15 is 0 Å². The number of hydrogen-bond acceptors (Lipinski definition) is 2. The van der Waals surface area contributed by atoms with Crippen molar-refractivity contribution in [3.05, 3.63) is 40.6 Å². The zero-order valence-corrected chi connectivity index (χ0v) is 11.1. The van der Waals surface area contributed by atoms with Crippen LogP contribution in [0.5, 0.6) is 0 Å². The standard InChI is InChI=1S/C15H14FN3O/c1-7-4-11-13(15(20)18-7)9-3-2-8-5-17-6-10(16)12(8)14(9)19-11/h5-7,19H,2-4H2,1H3,(H,18,20). The van der Waals surface area contributed by atoms with Crippen LogP contribution in [0.4, 0.5) is 4.39 Å². The molecule has 0 saturated carbocycles. The van der Waals surface area contributed by atoms with E-state index in [1.807, 2.05) is 6.92 Å². The first-order valence-corrected chi connectivity index (χ1v) is 6.82. The van der Waals surface area contributed by atoms with Gasteiger partial charge in [-0.25, -0.2) is 4.39 Å². The van der Waals surface area contributed by atoms with E-state index in [-0.39, 0.29) is 17.8 Å². The number of nitrogens with zero attached hydrogens (tertiary/aromatic N) is 1. The topological polar surface area (TPSA) is 57.8 Å². The Morgan fingerprint density at radius 1 is 1.30 bits per heavy atom. The Morgan fingerprint density at radius 3 is 3.00 bits per heavy atom. The van der Waals surface area contributed by atoms with Crippen LogP contribution in [0, 0.1) is 5.82 Å². The minimum Gasteiger partial charge on any atom is -0.357 e. The molecule has 2 aliphatic rings. The number of rotatable bonds is 0. The summed E-state index contributed by atoms with van der Waals surface area (Å²) in [5.41, 5.74) is 4.85. The lowest BCUT2D eigenvalue weighted by atomic mass is 9.88. The van der Waals surface area contributed by atoms with Crippen molar-refractivity contribution in [3.63, 3.8) is 0 Å². The van der Waals surface area contributed by atoms with Crippen molar-refractivity contribution < 1.29 is 9.18 Å². The second-order valence-electron chi connectivity index (χ2n) is 5.57. The van der Waals surface area contributed by atoms with Crippen molar-refractivity contribution in [2.75, 3.05) is 0 Å². The molecule has 3 heterocycles. The maximum absolute atomic E-state index is 14.1. The Balaban J connectivity index is 1.98. The lowest BCUT2D eigenvalue weighted by molar-refractivity contribution is 0.0928. The van der Waals surface area contributed by atoms with Gasteiger partial charge in [-0.1, -0.05) is 0 Å². The van der Waals surface area contributed by atoms with Gasteiger partial charge in [-0.3, -0.25) is 9.78 Å². The van der Waals surface area contributed by atoms with Crippen LogP contribution in [-0.2, 0) is 19.3 Å². The van der Waals surface area contributed by atoms with Gasteiger partial charge in [-0.05, 0) is 30.9 Å². The molecule has 0 radical (unpaired) electrons. The summed E-state index contributed by atoms with van der Waals surface area (Å²) in [4.78, 5) is 19.4. The molecule has 4 nitrogen and oxygen atoms in total. The van der Waals surface area contributed by atoms with Crippen LogP contribution in [0.1, 0.15) is 34.1 Å². The Hall–Kier alpha value is -2.17. The predicted octanol–water partition coefficient (Wildman–Crippen LogP) is 1.99. The summed E-state index contributed by atoms with van der Waals surface area (Å²) in [6.07, 6.45) is 5.18. The lowest BCUT2D eigenvalue weighted by Gasteiger charge is -2.21. The molecule has 20 heavy (non-hydrogen) atoms. The summed E-state index contributed by atoms with van der Waals surface area (Å²) >= 11 is 0. The lowest BCUT2D eigenvalue weighted by Crippen LogP contribution is -2.39. The number of pyridine rings is 1. The summed E-state index contributed by atoms with van der Waals surface area (Å²) < 4.78 is 14.1. The van der Waals surface area contributed by atoms with Gasteiger partial charge < -0.3 is 10.3 Å². The third-order valence-corrected chi connectivity index (χ3v) is 4.17. The second-order valence-corrected chi connectivity index (χ2v) is 5.57. The molecule has 0 fully saturated rings. The van der Waals surface area contributed by atoms with E-state index in [4.69, 9.17) is 0 Å². The Kier molecular flexibility index (Phi) is 2.28. The average molecular weight is 271 g/mol. The molecule has 1 aliphatic heterocycles. The highest BCUT2D eigenvalue weighted by Crippen LogP contribution is 2.38. The third-order valence-electron chi connectivity index (χ3n) is 4.17. The van der Waals surface area contributed by atoms with E-state index in [9.17, 15) is 9.18 Å². The molecule has 0 aromatic carbocycles. The van der Waals surface area contributed by atoms with Crippen LogP contribution in [0.15, 0.2) is 12.4 Å². The van der Waals surface area contributed by atoms with Crippen LogP contribution in [-0.4, -0.2) is 21.9 Å². The highest BCUT2D eigenvalue weighted by molar-refractivity contribution is 6.00. The summed E-state index contributed by atoms with van der Waals surface area (Å²) in [5, 5.41) is 2.95. The number of nitrogens with one attached hydrogen (secondary N) is 2. The molecule has 1 atom stereocenters. The molecule has 1 unspecified atom stereocenters. The number of hydrogen-bond donors (Lipinski definition) is 2. The van der Waals surface area contributed by atoms with Gasteiger partial charge in [0.2, 0.25) is 0 Å². The Bertz CT molecular complexity index is 735. The van der Waals surface area contributed by atoms with E-state index in [1.165, 1.54) is 6.20 Å². The molecular weight excluding hydrogens is 257 g/mol. The first-order valence-electron chi connectivity index (χ1n) is 6.82. The molecule has 5 heteroatoms. The summed E-state index contributed by atoms with van der Waals surface area (Å²) in [6.45, 7) is 1.97. The fourth-order valence-corrected chi connectivity index (χ4v) is 3.34. The minimum absolute atomic E-state index is 0.0471. The number of aromatic nitrogens is 2. The highest BCUT2D eigenvalue weighted by atomic mass is 19.1. The van der Waals surface area contributed by atoms with E-state index in [2.05, 4.69) is 15.3 Å². The molecule has 2 aromatic rings. The van der Waals surface area contributed by atoms with Crippen LogP contribution < -0.4 is 5.32 Å². The van der Waals surface area contributed by atoms with Crippen molar-refractivity contribution >= 4 is 5.91 Å². The van der Waals surface area contributed by atoms with Gasteiger partial charge in [0.15, 0.2) is 5.82 Å². The second kappa shape index (κ2) is 3.91. The quantitative estimate of drug-likeness (QED) is 0.770. The Labute approximate surface area is 115 Å². The van der Waals surface area contributed by atoms with Crippen molar-refractivity contribution in [2.24, 2.45) is 0 Å². The summed E-state index contributed by atoms with van der Waals surface area (Å²) in [7, 11) is 0. The molecule has 102 valence electrons. The number of amides is 1. The van der Waals surface area contributed by atoms with Gasteiger partial charge in [-0.15, -0.1) is 0 Å². The first kappa shape index (κ1) is 11.6. The number of aromatic amines is 1. The minimum atomic E-state index is -0.324. The van der Waals surface area contributed by atoms with Crippen LogP contribution in [0.3, 0.4) is 0 Å². The van der Waals surface area contributed by atoms with Gasteiger partial charge in [0, 0.05) is 29.9 Å². The zero-order chi connectivity index (χ0) is 13.9. The SMILES string of the molecule is CC1Cc2[nH]c3c(c2C(=O)N1)CCc1cncc(F)c1-3. The van der Waals surface area contributed by atoms with Gasteiger partial charge in [0.1, 0.15) is 0 Å². The number of fused-ring (bicyclic) bond motifs is 5. The van der Waals surface area contributed by atoms with Crippen molar-refractivity contribution in [3.8, 4) is 11.3 Å².